The quantitative estimate of drug-likeness (QED) is 0.359. The van der Waals surface area contributed by atoms with Crippen LogP contribution >= 0.6 is 0 Å². The summed E-state index contributed by atoms with van der Waals surface area (Å²) in [5, 5.41) is 11.3. The van der Waals surface area contributed by atoms with E-state index < -0.39 is 23.8 Å². The lowest BCUT2D eigenvalue weighted by Gasteiger charge is -2.14. The minimum atomic E-state index is -1.20. The molecule has 0 aliphatic heterocycles. The Labute approximate surface area is 133 Å². The summed E-state index contributed by atoms with van der Waals surface area (Å²) in [4.78, 5) is 33.4. The highest BCUT2D eigenvalue weighted by Gasteiger charge is 2.20. The minimum Gasteiger partial charge on any atom is -0.491 e. The lowest BCUT2D eigenvalue weighted by Crippen LogP contribution is -2.41. The fraction of sp³-hybridized carbons (Fsp3) is 0.400. The lowest BCUT2D eigenvalue weighted by atomic mass is 10.1. The molecule has 1 atom stereocenters. The molecular weight excluding hydrogens is 302 g/mol. The number of aliphatic carboxylic acids is 1. The number of anilines is 1. The topological polar surface area (TPSA) is 145 Å². The van der Waals surface area contributed by atoms with Gasteiger partial charge in [0.15, 0.2) is 0 Å². The van der Waals surface area contributed by atoms with Crippen molar-refractivity contribution in [2.75, 3.05) is 12.3 Å². The molecule has 1 aromatic carbocycles. The summed E-state index contributed by atoms with van der Waals surface area (Å²) in [5.74, 6) is -1.70. The van der Waals surface area contributed by atoms with Crippen LogP contribution in [0.1, 0.15) is 25.7 Å². The van der Waals surface area contributed by atoms with E-state index >= 15 is 0 Å². The van der Waals surface area contributed by atoms with Gasteiger partial charge in [-0.1, -0.05) is 12.1 Å². The van der Waals surface area contributed by atoms with Gasteiger partial charge < -0.3 is 26.6 Å². The summed E-state index contributed by atoms with van der Waals surface area (Å²) < 4.78 is 5.44. The summed E-state index contributed by atoms with van der Waals surface area (Å²) in [6.07, 6.45) is 0.372. The Morgan fingerprint density at radius 1 is 1.22 bits per heavy atom. The number of para-hydroxylation sites is 2. The molecule has 0 aliphatic rings. The lowest BCUT2D eigenvalue weighted by molar-refractivity contribution is -0.142. The van der Waals surface area contributed by atoms with Gasteiger partial charge in [0, 0.05) is 12.8 Å². The van der Waals surface area contributed by atoms with Crippen molar-refractivity contribution in [3.8, 4) is 5.75 Å². The molecule has 8 nitrogen and oxygen atoms in total. The van der Waals surface area contributed by atoms with Crippen molar-refractivity contribution in [1.29, 1.82) is 0 Å². The van der Waals surface area contributed by atoms with Crippen molar-refractivity contribution >= 4 is 23.5 Å². The van der Waals surface area contributed by atoms with Gasteiger partial charge in [0.2, 0.25) is 11.8 Å². The molecule has 23 heavy (non-hydrogen) atoms. The van der Waals surface area contributed by atoms with Crippen LogP contribution in [0.2, 0.25) is 0 Å². The highest BCUT2D eigenvalue weighted by atomic mass is 16.5. The standard InChI is InChI=1S/C15H21N3O5/c16-10-4-1-2-5-12(10)23-9-3-6-14(20)18-11(15(21)22)7-8-13(17)19/h1-2,4-5,11H,3,6-9,16H2,(H2,17,19)(H,18,20)(H,21,22). The summed E-state index contributed by atoms with van der Waals surface area (Å²) in [7, 11) is 0. The Balaban J connectivity index is 2.31. The molecule has 0 bridgehead atoms. The second kappa shape index (κ2) is 9.29. The normalized spacial score (nSPS) is 11.5. The van der Waals surface area contributed by atoms with E-state index in [2.05, 4.69) is 5.32 Å². The number of hydrogen-bond donors (Lipinski definition) is 4. The van der Waals surface area contributed by atoms with Gasteiger partial charge in [-0.25, -0.2) is 4.79 Å². The van der Waals surface area contributed by atoms with Crippen LogP contribution in [0.25, 0.3) is 0 Å². The zero-order valence-electron chi connectivity index (χ0n) is 12.7. The number of nitrogens with two attached hydrogens (primary N) is 2. The molecule has 0 aromatic heterocycles. The second-order valence-electron chi connectivity index (χ2n) is 4.95. The maximum Gasteiger partial charge on any atom is 0.326 e. The van der Waals surface area contributed by atoms with E-state index in [1.165, 1.54) is 0 Å². The maximum atomic E-state index is 11.7. The fourth-order valence-electron chi connectivity index (χ4n) is 1.84. The number of benzene rings is 1. The zero-order chi connectivity index (χ0) is 17.2. The van der Waals surface area contributed by atoms with Gasteiger partial charge in [-0.2, -0.15) is 0 Å². The number of ether oxygens (including phenoxy) is 1. The average molecular weight is 323 g/mol. The smallest absolute Gasteiger partial charge is 0.326 e. The van der Waals surface area contributed by atoms with Crippen molar-refractivity contribution in [3.05, 3.63) is 24.3 Å². The Morgan fingerprint density at radius 2 is 1.91 bits per heavy atom. The first-order valence-corrected chi connectivity index (χ1v) is 7.18. The fourth-order valence-corrected chi connectivity index (χ4v) is 1.84. The van der Waals surface area contributed by atoms with Crippen molar-refractivity contribution in [1.82, 2.24) is 5.32 Å². The molecule has 8 heteroatoms. The van der Waals surface area contributed by atoms with Gasteiger partial charge in [-0.15, -0.1) is 0 Å². The van der Waals surface area contributed by atoms with Crippen LogP contribution in [0.5, 0.6) is 5.75 Å². The zero-order valence-corrected chi connectivity index (χ0v) is 12.7. The van der Waals surface area contributed by atoms with E-state index in [-0.39, 0.29) is 25.9 Å². The summed E-state index contributed by atoms with van der Waals surface area (Å²) in [6.45, 7) is 0.278. The monoisotopic (exact) mass is 323 g/mol. The summed E-state index contributed by atoms with van der Waals surface area (Å²) in [5.41, 5.74) is 11.2. The van der Waals surface area contributed by atoms with Gasteiger partial charge in [0.05, 0.1) is 12.3 Å². The second-order valence-corrected chi connectivity index (χ2v) is 4.95. The maximum absolute atomic E-state index is 11.7. The first-order chi connectivity index (χ1) is 10.9. The van der Waals surface area contributed by atoms with Crippen LogP contribution in [-0.4, -0.2) is 35.5 Å². The summed E-state index contributed by atoms with van der Waals surface area (Å²) in [6, 6.07) is 5.88. The Morgan fingerprint density at radius 3 is 2.52 bits per heavy atom. The van der Waals surface area contributed by atoms with Crippen molar-refractivity contribution in [3.63, 3.8) is 0 Å². The predicted molar refractivity (Wildman–Crippen MR) is 83.6 cm³/mol. The van der Waals surface area contributed by atoms with E-state index in [1.54, 1.807) is 24.3 Å². The molecule has 0 radical (unpaired) electrons. The molecule has 126 valence electrons. The van der Waals surface area contributed by atoms with E-state index in [4.69, 9.17) is 21.3 Å². The van der Waals surface area contributed by atoms with Gasteiger partial charge in [-0.3, -0.25) is 9.59 Å². The Kier molecular flexibility index (Phi) is 7.38. The number of rotatable bonds is 10. The number of hydrogen-bond acceptors (Lipinski definition) is 5. The molecule has 0 saturated carbocycles. The van der Waals surface area contributed by atoms with Crippen LogP contribution in [0.4, 0.5) is 5.69 Å². The number of nitrogens with one attached hydrogen (secondary N) is 1. The van der Waals surface area contributed by atoms with E-state index in [1.807, 2.05) is 0 Å². The van der Waals surface area contributed by atoms with Crippen molar-refractivity contribution in [2.24, 2.45) is 5.73 Å². The Hall–Kier alpha value is -2.77. The van der Waals surface area contributed by atoms with Crippen LogP contribution in [0, 0.1) is 0 Å². The molecule has 1 rings (SSSR count). The SMILES string of the molecule is NC(=O)CCC(NC(=O)CCCOc1ccccc1N)C(=O)O. The molecule has 0 saturated heterocycles. The van der Waals surface area contributed by atoms with Gasteiger partial charge in [0.25, 0.3) is 0 Å². The first-order valence-electron chi connectivity index (χ1n) is 7.18. The number of nitrogen functional groups attached to an aromatic ring is 1. The third-order valence-electron chi connectivity index (χ3n) is 3.04. The number of carboxylic acids is 1. The minimum absolute atomic E-state index is 0.0343. The van der Waals surface area contributed by atoms with Gasteiger partial charge in [0.1, 0.15) is 11.8 Å². The number of carbonyl (C=O) groups is 3. The van der Waals surface area contributed by atoms with Crippen LogP contribution in [0.15, 0.2) is 24.3 Å². The third kappa shape index (κ3) is 7.16. The molecule has 0 spiro atoms. The molecule has 0 aliphatic carbocycles. The van der Waals surface area contributed by atoms with Crippen LogP contribution < -0.4 is 21.5 Å². The van der Waals surface area contributed by atoms with Crippen molar-refractivity contribution in [2.45, 2.75) is 31.7 Å². The van der Waals surface area contributed by atoms with E-state index in [9.17, 15) is 14.4 Å². The molecule has 2 amide bonds. The Bertz CT molecular complexity index is 562. The predicted octanol–water partition coefficient (Wildman–Crippen LogP) is 0.263. The number of amides is 2. The first kappa shape index (κ1) is 18.3. The van der Waals surface area contributed by atoms with E-state index in [0.717, 1.165) is 0 Å². The highest BCUT2D eigenvalue weighted by Crippen LogP contribution is 2.19. The van der Waals surface area contributed by atoms with Gasteiger partial charge >= 0.3 is 5.97 Å². The van der Waals surface area contributed by atoms with Crippen LogP contribution in [0.3, 0.4) is 0 Å². The molecular formula is C15H21N3O5. The van der Waals surface area contributed by atoms with Crippen LogP contribution in [-0.2, 0) is 14.4 Å². The summed E-state index contributed by atoms with van der Waals surface area (Å²) >= 11 is 0. The number of primary amides is 1. The number of carboxylic acid groups (broad SMARTS) is 1. The molecule has 0 fully saturated rings. The largest absolute Gasteiger partial charge is 0.491 e. The molecule has 0 heterocycles. The highest BCUT2D eigenvalue weighted by molar-refractivity contribution is 5.84. The van der Waals surface area contributed by atoms with Gasteiger partial charge in [-0.05, 0) is 25.0 Å². The average Bonchev–Trinajstić information content (AvgIpc) is 2.49. The molecule has 1 unspecified atom stereocenters. The molecule has 1 aromatic rings. The molecule has 6 N–H and O–H groups in total. The number of carbonyl (C=O) groups excluding carboxylic acids is 2. The van der Waals surface area contributed by atoms with E-state index in [0.29, 0.717) is 17.9 Å². The third-order valence-corrected chi connectivity index (χ3v) is 3.04. The van der Waals surface area contributed by atoms with Crippen molar-refractivity contribution < 1.29 is 24.2 Å².